The standard InChI is InChI=1S/C12H19NO4/c1-11(2,3)17-10(16)13-12(4)6-5-8(7-12)9(14)15/h5-6,8H,7H2,1-4H3,(H,13,16)(H,14,15)/t8-,12+/m1/s1. The van der Waals surface area contributed by atoms with Crippen LogP contribution >= 0.6 is 0 Å². The molecule has 0 aromatic heterocycles. The number of ether oxygens (including phenoxy) is 1. The van der Waals surface area contributed by atoms with E-state index in [4.69, 9.17) is 9.84 Å². The molecule has 0 saturated carbocycles. The van der Waals surface area contributed by atoms with E-state index in [0.717, 1.165) is 0 Å². The van der Waals surface area contributed by atoms with Gasteiger partial charge in [0.05, 0.1) is 11.5 Å². The average molecular weight is 241 g/mol. The van der Waals surface area contributed by atoms with Crippen LogP contribution in [0.5, 0.6) is 0 Å². The summed E-state index contributed by atoms with van der Waals surface area (Å²) in [6, 6.07) is 0. The fourth-order valence-corrected chi connectivity index (χ4v) is 1.72. The minimum Gasteiger partial charge on any atom is -0.481 e. The number of hydrogen-bond acceptors (Lipinski definition) is 3. The van der Waals surface area contributed by atoms with Gasteiger partial charge in [-0.1, -0.05) is 12.2 Å². The number of aliphatic carboxylic acids is 1. The van der Waals surface area contributed by atoms with Gasteiger partial charge < -0.3 is 15.2 Å². The first-order valence-electron chi connectivity index (χ1n) is 5.55. The molecule has 0 bridgehead atoms. The summed E-state index contributed by atoms with van der Waals surface area (Å²) in [5, 5.41) is 11.6. The number of carboxylic acid groups (broad SMARTS) is 1. The fourth-order valence-electron chi connectivity index (χ4n) is 1.72. The molecule has 2 atom stereocenters. The van der Waals surface area contributed by atoms with Crippen molar-refractivity contribution in [2.75, 3.05) is 0 Å². The van der Waals surface area contributed by atoms with Crippen LogP contribution in [0.3, 0.4) is 0 Å². The number of amides is 1. The molecule has 0 unspecified atom stereocenters. The second-order valence-corrected chi connectivity index (χ2v) is 5.55. The Bertz CT molecular complexity index is 356. The summed E-state index contributed by atoms with van der Waals surface area (Å²) in [6.07, 6.45) is 3.12. The van der Waals surface area contributed by atoms with Crippen molar-refractivity contribution in [3.63, 3.8) is 0 Å². The summed E-state index contributed by atoms with van der Waals surface area (Å²) >= 11 is 0. The highest BCUT2D eigenvalue weighted by molar-refractivity contribution is 5.74. The molecule has 0 aromatic rings. The Labute approximate surface area is 101 Å². The smallest absolute Gasteiger partial charge is 0.408 e. The largest absolute Gasteiger partial charge is 0.481 e. The predicted molar refractivity (Wildman–Crippen MR) is 62.7 cm³/mol. The highest BCUT2D eigenvalue weighted by atomic mass is 16.6. The lowest BCUT2D eigenvalue weighted by Crippen LogP contribution is -2.46. The fraction of sp³-hybridized carbons (Fsp3) is 0.667. The second-order valence-electron chi connectivity index (χ2n) is 5.55. The van der Waals surface area contributed by atoms with E-state index in [1.54, 1.807) is 39.8 Å². The quantitative estimate of drug-likeness (QED) is 0.724. The zero-order valence-electron chi connectivity index (χ0n) is 10.6. The molecule has 0 saturated heterocycles. The molecular formula is C12H19NO4. The van der Waals surface area contributed by atoms with Gasteiger partial charge in [-0.15, -0.1) is 0 Å². The Hall–Kier alpha value is -1.52. The van der Waals surface area contributed by atoms with Crippen molar-refractivity contribution in [1.29, 1.82) is 0 Å². The second kappa shape index (κ2) is 4.39. The summed E-state index contributed by atoms with van der Waals surface area (Å²) in [5.41, 5.74) is -1.21. The first kappa shape index (κ1) is 13.5. The highest BCUT2D eigenvalue weighted by Crippen LogP contribution is 2.27. The number of hydrogen-bond donors (Lipinski definition) is 2. The molecule has 1 rings (SSSR count). The number of nitrogens with one attached hydrogen (secondary N) is 1. The first-order valence-corrected chi connectivity index (χ1v) is 5.55. The maximum atomic E-state index is 11.6. The third-order valence-electron chi connectivity index (χ3n) is 2.44. The topological polar surface area (TPSA) is 75.6 Å². The predicted octanol–water partition coefficient (Wildman–Crippen LogP) is 1.93. The van der Waals surface area contributed by atoms with E-state index in [1.807, 2.05) is 0 Å². The molecular weight excluding hydrogens is 222 g/mol. The van der Waals surface area contributed by atoms with Crippen molar-refractivity contribution < 1.29 is 19.4 Å². The van der Waals surface area contributed by atoms with Crippen LogP contribution in [0.15, 0.2) is 12.2 Å². The van der Waals surface area contributed by atoms with Crippen LogP contribution in [0.2, 0.25) is 0 Å². The number of carboxylic acids is 1. The lowest BCUT2D eigenvalue weighted by Gasteiger charge is -2.27. The molecule has 5 nitrogen and oxygen atoms in total. The Morgan fingerprint density at radius 2 is 2.06 bits per heavy atom. The Kier molecular flexibility index (Phi) is 3.50. The van der Waals surface area contributed by atoms with E-state index in [1.165, 1.54) is 0 Å². The van der Waals surface area contributed by atoms with Gasteiger partial charge in [0.2, 0.25) is 0 Å². The molecule has 1 aliphatic rings. The summed E-state index contributed by atoms with van der Waals surface area (Å²) in [7, 11) is 0. The van der Waals surface area contributed by atoms with Crippen LogP contribution in [0.25, 0.3) is 0 Å². The lowest BCUT2D eigenvalue weighted by molar-refractivity contribution is -0.140. The molecule has 1 amide bonds. The van der Waals surface area contributed by atoms with Crippen LogP contribution in [-0.4, -0.2) is 28.3 Å². The van der Waals surface area contributed by atoms with Crippen molar-refractivity contribution in [3.8, 4) is 0 Å². The number of carbonyl (C=O) groups is 2. The maximum absolute atomic E-state index is 11.6. The summed E-state index contributed by atoms with van der Waals surface area (Å²) in [6.45, 7) is 7.11. The third-order valence-corrected chi connectivity index (χ3v) is 2.44. The first-order chi connectivity index (χ1) is 7.61. The minimum absolute atomic E-state index is 0.349. The average Bonchev–Trinajstić information content (AvgIpc) is 2.43. The molecule has 0 heterocycles. The zero-order chi connectivity index (χ0) is 13.3. The molecule has 1 aliphatic carbocycles. The van der Waals surface area contributed by atoms with Gasteiger partial charge in [0, 0.05) is 0 Å². The molecule has 0 spiro atoms. The van der Waals surface area contributed by atoms with Crippen LogP contribution in [0.1, 0.15) is 34.1 Å². The van der Waals surface area contributed by atoms with Gasteiger partial charge in [0.1, 0.15) is 5.60 Å². The number of rotatable bonds is 2. The van der Waals surface area contributed by atoms with Gasteiger partial charge in [0.15, 0.2) is 0 Å². The van der Waals surface area contributed by atoms with Crippen molar-refractivity contribution >= 4 is 12.1 Å². The molecule has 0 radical (unpaired) electrons. The minimum atomic E-state index is -0.879. The van der Waals surface area contributed by atoms with Crippen LogP contribution in [0.4, 0.5) is 4.79 Å². The van der Waals surface area contributed by atoms with Gasteiger partial charge in [-0.3, -0.25) is 4.79 Å². The van der Waals surface area contributed by atoms with E-state index in [0.29, 0.717) is 6.42 Å². The van der Waals surface area contributed by atoms with Gasteiger partial charge in [-0.2, -0.15) is 0 Å². The number of alkyl carbamates (subject to hydrolysis) is 1. The Balaban J connectivity index is 2.56. The van der Waals surface area contributed by atoms with E-state index in [9.17, 15) is 9.59 Å². The SMILES string of the molecule is CC(C)(C)OC(=O)N[C@@]1(C)C=C[C@@H](C(=O)O)C1. The normalized spacial score (nSPS) is 27.9. The van der Waals surface area contributed by atoms with Crippen LogP contribution in [-0.2, 0) is 9.53 Å². The number of carbonyl (C=O) groups excluding carboxylic acids is 1. The monoisotopic (exact) mass is 241 g/mol. The van der Waals surface area contributed by atoms with Crippen molar-refractivity contribution in [2.45, 2.75) is 45.3 Å². The zero-order valence-corrected chi connectivity index (χ0v) is 10.6. The van der Waals surface area contributed by atoms with E-state index < -0.39 is 29.1 Å². The van der Waals surface area contributed by atoms with E-state index in [2.05, 4.69) is 5.32 Å². The summed E-state index contributed by atoms with van der Waals surface area (Å²) < 4.78 is 5.13. The summed E-state index contributed by atoms with van der Waals surface area (Å²) in [4.78, 5) is 22.4. The molecule has 0 aromatic carbocycles. The molecule has 0 fully saturated rings. The molecule has 2 N–H and O–H groups in total. The van der Waals surface area contributed by atoms with Crippen molar-refractivity contribution in [1.82, 2.24) is 5.32 Å². The van der Waals surface area contributed by atoms with Crippen molar-refractivity contribution in [2.24, 2.45) is 5.92 Å². The molecule has 5 heteroatoms. The van der Waals surface area contributed by atoms with Crippen LogP contribution < -0.4 is 5.32 Å². The van der Waals surface area contributed by atoms with Gasteiger partial charge in [0.25, 0.3) is 0 Å². The maximum Gasteiger partial charge on any atom is 0.408 e. The molecule has 17 heavy (non-hydrogen) atoms. The van der Waals surface area contributed by atoms with Gasteiger partial charge in [-0.05, 0) is 34.1 Å². The molecule has 0 aliphatic heterocycles. The van der Waals surface area contributed by atoms with Crippen molar-refractivity contribution in [3.05, 3.63) is 12.2 Å². The Morgan fingerprint density at radius 1 is 1.47 bits per heavy atom. The van der Waals surface area contributed by atoms with Crippen LogP contribution in [0, 0.1) is 5.92 Å². The van der Waals surface area contributed by atoms with E-state index >= 15 is 0 Å². The highest BCUT2D eigenvalue weighted by Gasteiger charge is 2.35. The summed E-state index contributed by atoms with van der Waals surface area (Å²) in [5.74, 6) is -1.43. The molecule has 96 valence electrons. The van der Waals surface area contributed by atoms with E-state index in [-0.39, 0.29) is 0 Å². The van der Waals surface area contributed by atoms with Gasteiger partial charge in [-0.25, -0.2) is 4.79 Å². The van der Waals surface area contributed by atoms with Gasteiger partial charge >= 0.3 is 12.1 Å². The lowest BCUT2D eigenvalue weighted by atomic mass is 9.98. The third kappa shape index (κ3) is 4.09. The Morgan fingerprint density at radius 3 is 2.47 bits per heavy atom.